The average Bonchev–Trinajstić information content (AvgIpc) is 2.92. The van der Waals surface area contributed by atoms with Crippen LogP contribution in [-0.4, -0.2) is 40.5 Å². The van der Waals surface area contributed by atoms with Crippen LogP contribution >= 0.6 is 11.5 Å². The summed E-state index contributed by atoms with van der Waals surface area (Å²) in [7, 11) is 0. The van der Waals surface area contributed by atoms with E-state index in [1.165, 1.54) is 11.5 Å². The molecule has 0 aliphatic carbocycles. The summed E-state index contributed by atoms with van der Waals surface area (Å²) in [4.78, 5) is 20.0. The van der Waals surface area contributed by atoms with Gasteiger partial charge in [0, 0.05) is 50.2 Å². The molecule has 1 fully saturated rings. The SMILES string of the molecule is CCc1nsc(N2CCCN(c3c(C)cccc3[N+](=O)[O-])CC2)n1. The van der Waals surface area contributed by atoms with Gasteiger partial charge in [0.25, 0.3) is 5.69 Å². The fraction of sp³-hybridized carbons (Fsp3) is 0.500. The molecule has 0 radical (unpaired) electrons. The third-order valence-corrected chi connectivity index (χ3v) is 5.08. The number of aryl methyl sites for hydroxylation is 2. The topological polar surface area (TPSA) is 75.4 Å². The molecule has 128 valence electrons. The number of aromatic nitrogens is 2. The molecule has 8 heteroatoms. The van der Waals surface area contributed by atoms with E-state index in [9.17, 15) is 10.1 Å². The summed E-state index contributed by atoms with van der Waals surface area (Å²) in [6.45, 7) is 7.23. The number of hydrogen-bond acceptors (Lipinski definition) is 7. The highest BCUT2D eigenvalue weighted by Crippen LogP contribution is 2.32. The van der Waals surface area contributed by atoms with Crippen LogP contribution in [0.3, 0.4) is 0 Å². The number of nitro benzene ring substituents is 1. The molecule has 0 amide bonds. The van der Waals surface area contributed by atoms with Crippen LogP contribution in [0.1, 0.15) is 24.7 Å². The number of para-hydroxylation sites is 1. The Balaban J connectivity index is 1.80. The van der Waals surface area contributed by atoms with Crippen LogP contribution in [0.25, 0.3) is 0 Å². The zero-order chi connectivity index (χ0) is 17.1. The molecule has 7 nitrogen and oxygen atoms in total. The Bertz CT molecular complexity index is 733. The molecule has 2 aromatic rings. The van der Waals surface area contributed by atoms with E-state index in [4.69, 9.17) is 0 Å². The lowest BCUT2D eigenvalue weighted by atomic mass is 10.1. The maximum atomic E-state index is 11.4. The van der Waals surface area contributed by atoms with Crippen LogP contribution in [0.2, 0.25) is 0 Å². The molecule has 24 heavy (non-hydrogen) atoms. The van der Waals surface area contributed by atoms with E-state index in [0.717, 1.165) is 61.2 Å². The van der Waals surface area contributed by atoms with E-state index >= 15 is 0 Å². The molecule has 0 bridgehead atoms. The number of nitrogens with zero attached hydrogens (tertiary/aromatic N) is 5. The van der Waals surface area contributed by atoms with Gasteiger partial charge in [0.15, 0.2) is 0 Å². The van der Waals surface area contributed by atoms with Crippen LogP contribution in [0, 0.1) is 17.0 Å². The molecule has 2 heterocycles. The van der Waals surface area contributed by atoms with Crippen molar-refractivity contribution in [3.05, 3.63) is 39.7 Å². The Labute approximate surface area is 145 Å². The van der Waals surface area contributed by atoms with Gasteiger partial charge < -0.3 is 9.80 Å². The molecular weight excluding hydrogens is 326 g/mol. The molecule has 0 saturated carbocycles. The van der Waals surface area contributed by atoms with Crippen LogP contribution < -0.4 is 9.80 Å². The first-order chi connectivity index (χ1) is 11.6. The predicted octanol–water partition coefficient (Wildman–Crippen LogP) is 3.03. The Kier molecular flexibility index (Phi) is 4.94. The van der Waals surface area contributed by atoms with E-state index in [1.807, 2.05) is 19.9 Å². The van der Waals surface area contributed by atoms with Crippen LogP contribution in [0.15, 0.2) is 18.2 Å². The largest absolute Gasteiger partial charge is 0.364 e. The number of nitro groups is 1. The Morgan fingerprint density at radius 1 is 1.25 bits per heavy atom. The predicted molar refractivity (Wildman–Crippen MR) is 96.2 cm³/mol. The number of rotatable bonds is 4. The van der Waals surface area contributed by atoms with Gasteiger partial charge in [-0.3, -0.25) is 10.1 Å². The summed E-state index contributed by atoms with van der Waals surface area (Å²) in [6.07, 6.45) is 1.78. The lowest BCUT2D eigenvalue weighted by molar-refractivity contribution is -0.384. The van der Waals surface area contributed by atoms with Gasteiger partial charge in [-0.15, -0.1) is 0 Å². The van der Waals surface area contributed by atoms with Crippen molar-refractivity contribution in [3.8, 4) is 0 Å². The molecule has 1 saturated heterocycles. The van der Waals surface area contributed by atoms with Gasteiger partial charge in [-0.1, -0.05) is 19.1 Å². The summed E-state index contributed by atoms with van der Waals surface area (Å²) in [5.74, 6) is 0.880. The maximum Gasteiger partial charge on any atom is 0.292 e. The van der Waals surface area contributed by atoms with E-state index < -0.39 is 0 Å². The Morgan fingerprint density at radius 2 is 2.00 bits per heavy atom. The van der Waals surface area contributed by atoms with E-state index in [1.54, 1.807) is 12.1 Å². The minimum atomic E-state index is -0.288. The highest BCUT2D eigenvalue weighted by atomic mass is 32.1. The zero-order valence-corrected chi connectivity index (χ0v) is 14.8. The minimum Gasteiger partial charge on any atom is -0.364 e. The third-order valence-electron chi connectivity index (χ3n) is 4.27. The van der Waals surface area contributed by atoms with Crippen molar-refractivity contribution >= 4 is 28.0 Å². The van der Waals surface area contributed by atoms with Gasteiger partial charge in [0.05, 0.1) is 4.92 Å². The second-order valence-corrected chi connectivity index (χ2v) is 6.60. The van der Waals surface area contributed by atoms with E-state index in [2.05, 4.69) is 19.2 Å². The monoisotopic (exact) mass is 347 g/mol. The van der Waals surface area contributed by atoms with E-state index in [0.29, 0.717) is 0 Å². The molecule has 0 N–H and O–H groups in total. The summed E-state index contributed by atoms with van der Waals surface area (Å²) in [5.41, 5.74) is 1.88. The van der Waals surface area contributed by atoms with Crippen molar-refractivity contribution in [2.45, 2.75) is 26.7 Å². The summed E-state index contributed by atoms with van der Waals surface area (Å²) in [6, 6.07) is 5.27. The van der Waals surface area contributed by atoms with Crippen molar-refractivity contribution in [2.24, 2.45) is 0 Å². The standard InChI is InChI=1S/C16H21N5O2S/c1-3-14-17-16(24-18-14)20-9-5-8-19(10-11-20)15-12(2)6-4-7-13(15)21(22)23/h4,6-7H,3,5,8-11H2,1-2H3. The van der Waals surface area contributed by atoms with Crippen LogP contribution in [0.4, 0.5) is 16.5 Å². The normalized spacial score (nSPS) is 15.4. The smallest absolute Gasteiger partial charge is 0.292 e. The second kappa shape index (κ2) is 7.12. The lowest BCUT2D eigenvalue weighted by Gasteiger charge is -2.24. The van der Waals surface area contributed by atoms with Crippen molar-refractivity contribution in [1.29, 1.82) is 0 Å². The number of benzene rings is 1. The molecule has 1 aromatic carbocycles. The van der Waals surface area contributed by atoms with Crippen LogP contribution in [-0.2, 0) is 6.42 Å². The van der Waals surface area contributed by atoms with E-state index in [-0.39, 0.29) is 10.6 Å². The summed E-state index contributed by atoms with van der Waals surface area (Å²) >= 11 is 1.44. The Hall–Kier alpha value is -2.22. The molecule has 1 aliphatic rings. The van der Waals surface area contributed by atoms with Gasteiger partial charge in [-0.05, 0) is 18.9 Å². The van der Waals surface area contributed by atoms with Gasteiger partial charge in [-0.25, -0.2) is 4.98 Å². The minimum absolute atomic E-state index is 0.188. The fourth-order valence-corrected chi connectivity index (χ4v) is 3.85. The highest BCUT2D eigenvalue weighted by Gasteiger charge is 2.24. The van der Waals surface area contributed by atoms with Crippen molar-refractivity contribution in [2.75, 3.05) is 36.0 Å². The van der Waals surface area contributed by atoms with Crippen molar-refractivity contribution in [3.63, 3.8) is 0 Å². The molecular formula is C16H21N5O2S. The van der Waals surface area contributed by atoms with Gasteiger partial charge >= 0.3 is 0 Å². The second-order valence-electron chi connectivity index (χ2n) is 5.87. The van der Waals surface area contributed by atoms with Crippen LogP contribution in [0.5, 0.6) is 0 Å². The molecule has 0 unspecified atom stereocenters. The fourth-order valence-electron chi connectivity index (χ4n) is 3.05. The van der Waals surface area contributed by atoms with Crippen molar-refractivity contribution in [1.82, 2.24) is 9.36 Å². The quantitative estimate of drug-likeness (QED) is 0.625. The maximum absolute atomic E-state index is 11.4. The first-order valence-corrected chi connectivity index (χ1v) is 8.94. The number of anilines is 2. The first-order valence-electron chi connectivity index (χ1n) is 8.16. The lowest BCUT2D eigenvalue weighted by Crippen LogP contribution is -2.31. The summed E-state index contributed by atoms with van der Waals surface area (Å²) < 4.78 is 4.36. The third kappa shape index (κ3) is 3.33. The molecule has 1 aromatic heterocycles. The Morgan fingerprint density at radius 3 is 2.71 bits per heavy atom. The van der Waals surface area contributed by atoms with Crippen molar-refractivity contribution < 1.29 is 4.92 Å². The van der Waals surface area contributed by atoms with Gasteiger partial charge in [0.2, 0.25) is 5.13 Å². The highest BCUT2D eigenvalue weighted by molar-refractivity contribution is 7.09. The van der Waals surface area contributed by atoms with Gasteiger partial charge in [-0.2, -0.15) is 4.37 Å². The first kappa shape index (κ1) is 16.6. The van der Waals surface area contributed by atoms with Gasteiger partial charge in [0.1, 0.15) is 11.5 Å². The summed E-state index contributed by atoms with van der Waals surface area (Å²) in [5, 5.41) is 12.3. The molecule has 1 aliphatic heterocycles. The zero-order valence-electron chi connectivity index (χ0n) is 13.9. The molecule has 3 rings (SSSR count). The molecule has 0 atom stereocenters. The average molecular weight is 347 g/mol. The molecule has 0 spiro atoms. The number of hydrogen-bond donors (Lipinski definition) is 0.